The van der Waals surface area contributed by atoms with Crippen molar-refractivity contribution in [3.05, 3.63) is 29.8 Å². The van der Waals surface area contributed by atoms with Gasteiger partial charge in [-0.25, -0.2) is 0 Å². The highest BCUT2D eigenvalue weighted by Gasteiger charge is 2.22. The van der Waals surface area contributed by atoms with Crippen LogP contribution in [0, 0.1) is 5.92 Å². The SMILES string of the molecule is CCN(CC(C)C)C(C)C(O)c1ccc(OC)cc1. The first-order chi connectivity index (χ1) is 8.99. The molecule has 0 aromatic heterocycles. The zero-order valence-electron chi connectivity index (χ0n) is 12.8. The summed E-state index contributed by atoms with van der Waals surface area (Å²) in [6.45, 7) is 10.6. The van der Waals surface area contributed by atoms with E-state index < -0.39 is 6.10 Å². The first-order valence-electron chi connectivity index (χ1n) is 7.05. The van der Waals surface area contributed by atoms with Gasteiger partial charge in [0.15, 0.2) is 0 Å². The van der Waals surface area contributed by atoms with E-state index in [9.17, 15) is 5.11 Å². The Kier molecular flexibility index (Phi) is 6.32. The van der Waals surface area contributed by atoms with Gasteiger partial charge >= 0.3 is 0 Å². The van der Waals surface area contributed by atoms with Gasteiger partial charge in [-0.2, -0.15) is 0 Å². The molecule has 3 nitrogen and oxygen atoms in total. The van der Waals surface area contributed by atoms with Crippen molar-refractivity contribution in [2.24, 2.45) is 5.92 Å². The highest BCUT2D eigenvalue weighted by atomic mass is 16.5. The predicted molar refractivity (Wildman–Crippen MR) is 79.5 cm³/mol. The molecule has 0 amide bonds. The second-order valence-corrected chi connectivity index (χ2v) is 5.44. The van der Waals surface area contributed by atoms with E-state index in [1.807, 2.05) is 24.3 Å². The Morgan fingerprint density at radius 1 is 1.16 bits per heavy atom. The maximum Gasteiger partial charge on any atom is 0.118 e. The van der Waals surface area contributed by atoms with Gasteiger partial charge in [0.05, 0.1) is 13.2 Å². The van der Waals surface area contributed by atoms with Crippen LogP contribution in [0.15, 0.2) is 24.3 Å². The fourth-order valence-electron chi connectivity index (χ4n) is 2.33. The van der Waals surface area contributed by atoms with Crippen molar-refractivity contribution < 1.29 is 9.84 Å². The van der Waals surface area contributed by atoms with Gasteiger partial charge in [-0.1, -0.05) is 32.9 Å². The Morgan fingerprint density at radius 2 is 1.74 bits per heavy atom. The van der Waals surface area contributed by atoms with Crippen LogP contribution in [0.3, 0.4) is 0 Å². The zero-order chi connectivity index (χ0) is 14.4. The van der Waals surface area contributed by atoms with E-state index in [-0.39, 0.29) is 6.04 Å². The van der Waals surface area contributed by atoms with E-state index in [4.69, 9.17) is 4.74 Å². The summed E-state index contributed by atoms with van der Waals surface area (Å²) >= 11 is 0. The first kappa shape index (κ1) is 16.0. The molecule has 0 heterocycles. The Bertz CT molecular complexity index is 362. The van der Waals surface area contributed by atoms with Gasteiger partial charge in [0, 0.05) is 12.6 Å². The Hall–Kier alpha value is -1.06. The lowest BCUT2D eigenvalue weighted by Crippen LogP contribution is -2.39. The zero-order valence-corrected chi connectivity index (χ0v) is 12.8. The number of methoxy groups -OCH3 is 1. The Morgan fingerprint density at radius 3 is 2.16 bits per heavy atom. The molecule has 1 aromatic rings. The molecule has 1 aromatic carbocycles. The molecule has 0 fully saturated rings. The number of aliphatic hydroxyl groups excluding tert-OH is 1. The molecule has 0 saturated carbocycles. The number of hydrogen-bond acceptors (Lipinski definition) is 3. The predicted octanol–water partition coefficient (Wildman–Crippen LogP) is 3.10. The molecule has 0 aliphatic rings. The normalized spacial score (nSPS) is 14.7. The molecule has 108 valence electrons. The molecule has 1 rings (SSSR count). The molecule has 2 unspecified atom stereocenters. The lowest BCUT2D eigenvalue weighted by Gasteiger charge is -2.32. The van der Waals surface area contributed by atoms with Crippen molar-refractivity contribution in [3.8, 4) is 5.75 Å². The quantitative estimate of drug-likeness (QED) is 0.822. The van der Waals surface area contributed by atoms with Gasteiger partial charge in [0.2, 0.25) is 0 Å². The van der Waals surface area contributed by atoms with E-state index in [0.717, 1.165) is 24.4 Å². The molecule has 0 spiro atoms. The van der Waals surface area contributed by atoms with Crippen molar-refractivity contribution in [2.45, 2.75) is 39.8 Å². The minimum atomic E-state index is -0.468. The molecular weight excluding hydrogens is 238 g/mol. The van der Waals surface area contributed by atoms with E-state index in [1.165, 1.54) is 0 Å². The number of benzene rings is 1. The Balaban J connectivity index is 2.75. The van der Waals surface area contributed by atoms with Crippen molar-refractivity contribution in [3.63, 3.8) is 0 Å². The molecule has 0 saturated heterocycles. The van der Waals surface area contributed by atoms with Crippen LogP contribution < -0.4 is 4.74 Å². The molecule has 3 heteroatoms. The number of nitrogens with zero attached hydrogens (tertiary/aromatic N) is 1. The maximum absolute atomic E-state index is 10.5. The molecule has 2 atom stereocenters. The smallest absolute Gasteiger partial charge is 0.118 e. The minimum Gasteiger partial charge on any atom is -0.497 e. The second-order valence-electron chi connectivity index (χ2n) is 5.44. The maximum atomic E-state index is 10.5. The summed E-state index contributed by atoms with van der Waals surface area (Å²) in [7, 11) is 1.65. The molecule has 0 bridgehead atoms. The lowest BCUT2D eigenvalue weighted by molar-refractivity contribution is 0.0543. The van der Waals surface area contributed by atoms with Crippen molar-refractivity contribution >= 4 is 0 Å². The number of rotatable bonds is 7. The van der Waals surface area contributed by atoms with E-state index in [1.54, 1.807) is 7.11 Å². The summed E-state index contributed by atoms with van der Waals surface area (Å²) in [6, 6.07) is 7.77. The fourth-order valence-corrected chi connectivity index (χ4v) is 2.33. The van der Waals surface area contributed by atoms with Gasteiger partial charge in [-0.15, -0.1) is 0 Å². The fraction of sp³-hybridized carbons (Fsp3) is 0.625. The highest BCUT2D eigenvalue weighted by Crippen LogP contribution is 2.23. The van der Waals surface area contributed by atoms with Gasteiger partial charge in [-0.3, -0.25) is 4.90 Å². The third-order valence-electron chi connectivity index (χ3n) is 3.50. The highest BCUT2D eigenvalue weighted by molar-refractivity contribution is 5.29. The van der Waals surface area contributed by atoms with Gasteiger partial charge < -0.3 is 9.84 Å². The van der Waals surface area contributed by atoms with Crippen molar-refractivity contribution in [2.75, 3.05) is 20.2 Å². The van der Waals surface area contributed by atoms with E-state index >= 15 is 0 Å². The Labute approximate surface area is 117 Å². The number of likely N-dealkylation sites (N-methyl/N-ethyl adjacent to an activating group) is 1. The van der Waals surface area contributed by atoms with Crippen LogP contribution >= 0.6 is 0 Å². The van der Waals surface area contributed by atoms with Crippen LogP contribution in [0.2, 0.25) is 0 Å². The van der Waals surface area contributed by atoms with Gasteiger partial charge in [0.1, 0.15) is 5.75 Å². The minimum absolute atomic E-state index is 0.112. The molecule has 19 heavy (non-hydrogen) atoms. The van der Waals surface area contributed by atoms with Crippen molar-refractivity contribution in [1.82, 2.24) is 4.90 Å². The largest absolute Gasteiger partial charge is 0.497 e. The molecular formula is C16H27NO2. The third kappa shape index (κ3) is 4.51. The lowest BCUT2D eigenvalue weighted by atomic mass is 10.0. The van der Waals surface area contributed by atoms with Crippen molar-refractivity contribution in [1.29, 1.82) is 0 Å². The summed E-state index contributed by atoms with van der Waals surface area (Å²) in [5.41, 5.74) is 0.940. The number of aliphatic hydroxyl groups is 1. The third-order valence-corrected chi connectivity index (χ3v) is 3.50. The topological polar surface area (TPSA) is 32.7 Å². The number of ether oxygens (including phenoxy) is 1. The van der Waals surface area contributed by atoms with Crippen LogP contribution in [0.1, 0.15) is 39.4 Å². The first-order valence-corrected chi connectivity index (χ1v) is 7.05. The monoisotopic (exact) mass is 265 g/mol. The molecule has 1 N–H and O–H groups in total. The van der Waals surface area contributed by atoms with E-state index in [2.05, 4.69) is 32.6 Å². The van der Waals surface area contributed by atoms with Crippen LogP contribution in [-0.4, -0.2) is 36.2 Å². The molecule has 0 radical (unpaired) electrons. The number of hydrogen-bond donors (Lipinski definition) is 1. The summed E-state index contributed by atoms with van der Waals surface area (Å²) in [6.07, 6.45) is -0.468. The standard InChI is InChI=1S/C16H27NO2/c1-6-17(11-12(2)3)13(4)16(18)14-7-9-15(19-5)10-8-14/h7-10,12-13,16,18H,6,11H2,1-5H3. The van der Waals surface area contributed by atoms with Gasteiger partial charge in [0.25, 0.3) is 0 Å². The molecule has 0 aliphatic carbocycles. The van der Waals surface area contributed by atoms with Crippen LogP contribution in [0.5, 0.6) is 5.75 Å². The summed E-state index contributed by atoms with van der Waals surface area (Å²) in [5, 5.41) is 10.5. The second kappa shape index (κ2) is 7.51. The summed E-state index contributed by atoms with van der Waals surface area (Å²) < 4.78 is 5.14. The average Bonchev–Trinajstić information content (AvgIpc) is 2.43. The van der Waals surface area contributed by atoms with Gasteiger partial charge in [-0.05, 0) is 37.1 Å². The summed E-state index contributed by atoms with van der Waals surface area (Å²) in [4.78, 5) is 2.32. The van der Waals surface area contributed by atoms with Crippen LogP contribution in [-0.2, 0) is 0 Å². The van der Waals surface area contributed by atoms with E-state index in [0.29, 0.717) is 5.92 Å². The van der Waals surface area contributed by atoms with Crippen LogP contribution in [0.4, 0.5) is 0 Å². The van der Waals surface area contributed by atoms with Crippen LogP contribution in [0.25, 0.3) is 0 Å². The summed E-state index contributed by atoms with van der Waals surface area (Å²) in [5.74, 6) is 1.42. The molecule has 0 aliphatic heterocycles. The average molecular weight is 265 g/mol.